The molecule has 1 fully saturated rings. The van der Waals surface area contributed by atoms with Crippen LogP contribution in [0.25, 0.3) is 0 Å². The van der Waals surface area contributed by atoms with Crippen LogP contribution in [0.15, 0.2) is 16.6 Å². The van der Waals surface area contributed by atoms with Crippen LogP contribution in [-0.4, -0.2) is 18.6 Å². The summed E-state index contributed by atoms with van der Waals surface area (Å²) in [4.78, 5) is 11.9. The van der Waals surface area contributed by atoms with Gasteiger partial charge in [-0.15, -0.1) is 0 Å². The van der Waals surface area contributed by atoms with E-state index in [0.29, 0.717) is 16.7 Å². The fourth-order valence-corrected chi connectivity index (χ4v) is 4.00. The molecule has 0 spiro atoms. The third-order valence-electron chi connectivity index (χ3n) is 3.65. The van der Waals surface area contributed by atoms with Gasteiger partial charge in [-0.05, 0) is 38.3 Å². The lowest BCUT2D eigenvalue weighted by Crippen LogP contribution is -2.32. The van der Waals surface area contributed by atoms with E-state index < -0.39 is 0 Å². The van der Waals surface area contributed by atoms with Crippen molar-refractivity contribution in [2.45, 2.75) is 38.6 Å². The van der Waals surface area contributed by atoms with Crippen molar-refractivity contribution in [2.75, 3.05) is 11.9 Å². The highest BCUT2D eigenvalue weighted by atomic mass is 79.9. The van der Waals surface area contributed by atoms with Crippen molar-refractivity contribution in [3.05, 3.63) is 26.7 Å². The molecule has 1 saturated carbocycles. The topological polar surface area (TPSA) is 38.3 Å². The summed E-state index contributed by atoms with van der Waals surface area (Å²) in [6, 6.07) is 3.80. The zero-order chi connectivity index (χ0) is 15.4. The summed E-state index contributed by atoms with van der Waals surface area (Å²) in [5.41, 5.74) is 0.732. The molecule has 0 bridgehead atoms. The number of carbonyl (C=O) groups is 1. The van der Waals surface area contributed by atoms with Gasteiger partial charge in [0.1, 0.15) is 0 Å². The molecule has 2 atom stereocenters. The Labute approximate surface area is 143 Å². The number of carbonyl (C=O) groups excluding carboxylic acids is 1. The van der Waals surface area contributed by atoms with E-state index in [-0.39, 0.29) is 17.9 Å². The summed E-state index contributed by atoms with van der Waals surface area (Å²) in [6.07, 6.45) is 3.63. The van der Waals surface area contributed by atoms with Gasteiger partial charge in [0.25, 0.3) is 0 Å². The van der Waals surface area contributed by atoms with Crippen molar-refractivity contribution in [2.24, 2.45) is 5.92 Å². The second kappa shape index (κ2) is 7.70. The average molecular weight is 395 g/mol. The number of esters is 1. The minimum absolute atomic E-state index is 0.0378. The monoisotopic (exact) mass is 393 g/mol. The minimum Gasteiger partial charge on any atom is -0.466 e. The van der Waals surface area contributed by atoms with Crippen LogP contribution in [0.2, 0.25) is 10.0 Å². The Morgan fingerprint density at radius 1 is 1.38 bits per heavy atom. The summed E-state index contributed by atoms with van der Waals surface area (Å²) in [5.74, 6) is -0.138. The smallest absolute Gasteiger partial charge is 0.308 e. The highest BCUT2D eigenvalue weighted by molar-refractivity contribution is 9.10. The molecule has 6 heteroatoms. The molecule has 1 N–H and O–H groups in total. The average Bonchev–Trinajstić information content (AvgIpc) is 2.43. The van der Waals surface area contributed by atoms with E-state index in [1.54, 1.807) is 12.1 Å². The molecule has 21 heavy (non-hydrogen) atoms. The van der Waals surface area contributed by atoms with E-state index in [1.807, 2.05) is 6.92 Å². The number of ether oxygens (including phenoxy) is 1. The Morgan fingerprint density at radius 3 is 2.67 bits per heavy atom. The molecule has 1 aromatic rings. The van der Waals surface area contributed by atoms with Gasteiger partial charge in [-0.2, -0.15) is 0 Å². The van der Waals surface area contributed by atoms with Gasteiger partial charge in [-0.3, -0.25) is 4.79 Å². The zero-order valence-corrected chi connectivity index (χ0v) is 14.9. The van der Waals surface area contributed by atoms with Gasteiger partial charge < -0.3 is 10.1 Å². The number of halogens is 3. The molecule has 2 rings (SSSR count). The molecule has 1 aliphatic rings. The van der Waals surface area contributed by atoms with Crippen LogP contribution in [-0.2, 0) is 9.53 Å². The highest BCUT2D eigenvalue weighted by Crippen LogP contribution is 2.36. The normalized spacial score (nSPS) is 21.9. The molecule has 0 aromatic heterocycles. The summed E-state index contributed by atoms with van der Waals surface area (Å²) >= 11 is 15.8. The second-order valence-electron chi connectivity index (χ2n) is 5.20. The van der Waals surface area contributed by atoms with Crippen LogP contribution in [0.4, 0.5) is 5.69 Å². The molecular formula is C15H18BrCl2NO2. The van der Waals surface area contributed by atoms with Gasteiger partial charge in [0.2, 0.25) is 0 Å². The first-order valence-electron chi connectivity index (χ1n) is 7.09. The van der Waals surface area contributed by atoms with Gasteiger partial charge >= 0.3 is 5.97 Å². The maximum absolute atomic E-state index is 11.9. The molecule has 3 nitrogen and oxygen atoms in total. The molecule has 0 heterocycles. The maximum Gasteiger partial charge on any atom is 0.308 e. The van der Waals surface area contributed by atoms with Crippen LogP contribution in [0.5, 0.6) is 0 Å². The zero-order valence-electron chi connectivity index (χ0n) is 11.8. The van der Waals surface area contributed by atoms with Gasteiger partial charge in [0.15, 0.2) is 0 Å². The van der Waals surface area contributed by atoms with E-state index in [0.717, 1.165) is 35.8 Å². The van der Waals surface area contributed by atoms with Gasteiger partial charge in [0, 0.05) is 10.5 Å². The number of hydrogen-bond acceptors (Lipinski definition) is 3. The molecule has 2 unspecified atom stereocenters. The van der Waals surface area contributed by atoms with Crippen molar-refractivity contribution in [1.82, 2.24) is 0 Å². The number of rotatable bonds is 4. The predicted molar refractivity (Wildman–Crippen MR) is 90.2 cm³/mol. The first kappa shape index (κ1) is 16.9. The second-order valence-corrected chi connectivity index (χ2v) is 6.93. The largest absolute Gasteiger partial charge is 0.466 e. The molecule has 0 aliphatic heterocycles. The van der Waals surface area contributed by atoms with Gasteiger partial charge in [-0.1, -0.05) is 45.6 Å². The first-order valence-corrected chi connectivity index (χ1v) is 8.63. The van der Waals surface area contributed by atoms with Crippen LogP contribution in [0.1, 0.15) is 32.6 Å². The summed E-state index contributed by atoms with van der Waals surface area (Å²) in [5, 5.41) is 4.53. The molecule has 1 aliphatic carbocycles. The Bertz CT molecular complexity index is 501. The minimum atomic E-state index is -0.1000. The third-order valence-corrected chi connectivity index (χ3v) is 4.70. The number of hydrogen-bond donors (Lipinski definition) is 1. The fraction of sp³-hybridized carbons (Fsp3) is 0.533. The Kier molecular flexibility index (Phi) is 6.20. The first-order chi connectivity index (χ1) is 10.0. The van der Waals surface area contributed by atoms with E-state index in [9.17, 15) is 4.79 Å². The van der Waals surface area contributed by atoms with Crippen LogP contribution in [0, 0.1) is 5.92 Å². The van der Waals surface area contributed by atoms with Crippen molar-refractivity contribution in [1.29, 1.82) is 0 Å². The molecule has 116 valence electrons. The molecular weight excluding hydrogens is 377 g/mol. The van der Waals surface area contributed by atoms with E-state index >= 15 is 0 Å². The number of anilines is 1. The van der Waals surface area contributed by atoms with Crippen LogP contribution >= 0.6 is 39.1 Å². The van der Waals surface area contributed by atoms with Crippen LogP contribution < -0.4 is 5.32 Å². The summed E-state index contributed by atoms with van der Waals surface area (Å²) < 4.78 is 5.96. The van der Waals surface area contributed by atoms with E-state index in [4.69, 9.17) is 27.9 Å². The van der Waals surface area contributed by atoms with E-state index in [2.05, 4.69) is 21.2 Å². The lowest BCUT2D eigenvalue weighted by molar-refractivity contribution is -0.149. The fourth-order valence-electron chi connectivity index (χ4n) is 2.68. The quantitative estimate of drug-likeness (QED) is 0.705. The molecule has 0 amide bonds. The summed E-state index contributed by atoms with van der Waals surface area (Å²) in [6.45, 7) is 2.26. The Balaban J connectivity index is 2.04. The van der Waals surface area contributed by atoms with Crippen molar-refractivity contribution in [3.8, 4) is 0 Å². The predicted octanol–water partition coefficient (Wildman–Crippen LogP) is 5.29. The third kappa shape index (κ3) is 4.51. The lowest BCUT2D eigenvalue weighted by Gasteiger charge is -2.29. The van der Waals surface area contributed by atoms with Gasteiger partial charge in [-0.25, -0.2) is 0 Å². The maximum atomic E-state index is 11.9. The van der Waals surface area contributed by atoms with Crippen molar-refractivity contribution in [3.63, 3.8) is 0 Å². The standard InChI is InChI=1S/C15H18BrCl2NO2/c1-2-21-15(20)9-4-3-5-11(6-9)19-14-12(17)7-10(16)8-13(14)18/h7-9,11,19H,2-6H2,1H3. The molecule has 0 radical (unpaired) electrons. The van der Waals surface area contributed by atoms with Crippen LogP contribution in [0.3, 0.4) is 0 Å². The Morgan fingerprint density at radius 2 is 2.05 bits per heavy atom. The lowest BCUT2D eigenvalue weighted by atomic mass is 9.85. The Hall–Kier alpha value is -0.450. The molecule has 1 aromatic carbocycles. The number of nitrogens with one attached hydrogen (secondary N) is 1. The molecule has 0 saturated heterocycles. The van der Waals surface area contributed by atoms with Gasteiger partial charge in [0.05, 0.1) is 28.3 Å². The van der Waals surface area contributed by atoms with E-state index in [1.165, 1.54) is 0 Å². The SMILES string of the molecule is CCOC(=O)C1CCCC(Nc2c(Cl)cc(Br)cc2Cl)C1. The van der Waals surface area contributed by atoms with Crippen molar-refractivity contribution >= 4 is 50.8 Å². The summed E-state index contributed by atoms with van der Waals surface area (Å²) in [7, 11) is 0. The highest BCUT2D eigenvalue weighted by Gasteiger charge is 2.28. The number of benzene rings is 1. The van der Waals surface area contributed by atoms with Crippen molar-refractivity contribution < 1.29 is 9.53 Å².